The number of nitrogens with two attached hydrogens (primary N) is 1. The van der Waals surface area contributed by atoms with Crippen LogP contribution < -0.4 is 11.1 Å². The van der Waals surface area contributed by atoms with Gasteiger partial charge >= 0.3 is 0 Å². The van der Waals surface area contributed by atoms with Crippen LogP contribution in [0.3, 0.4) is 0 Å². The Morgan fingerprint density at radius 2 is 1.79 bits per heavy atom. The molecule has 1 aliphatic rings. The van der Waals surface area contributed by atoms with Crippen LogP contribution in [0.2, 0.25) is 0 Å². The standard InChI is InChI=1S/C12H18N2/c1-11(2)9-6-5-8(13)7-10(9)14-12(11,3)4/h5-7,14H,13H2,1-4H3. The molecule has 0 saturated heterocycles. The lowest BCUT2D eigenvalue weighted by molar-refractivity contribution is 0.359. The molecule has 0 amide bonds. The highest BCUT2D eigenvalue weighted by Gasteiger charge is 2.45. The molecular formula is C12H18N2. The van der Waals surface area contributed by atoms with E-state index in [2.05, 4.69) is 39.1 Å². The first-order chi connectivity index (χ1) is 6.34. The molecule has 0 aromatic heterocycles. The van der Waals surface area contributed by atoms with Gasteiger partial charge in [0.15, 0.2) is 0 Å². The molecule has 0 bridgehead atoms. The van der Waals surface area contributed by atoms with Gasteiger partial charge in [-0.25, -0.2) is 0 Å². The Kier molecular flexibility index (Phi) is 1.63. The van der Waals surface area contributed by atoms with E-state index in [-0.39, 0.29) is 11.0 Å². The van der Waals surface area contributed by atoms with Gasteiger partial charge in [-0.05, 0) is 31.5 Å². The van der Waals surface area contributed by atoms with Gasteiger partial charge < -0.3 is 11.1 Å². The second-order valence-corrected chi connectivity index (χ2v) is 5.18. The van der Waals surface area contributed by atoms with Crippen LogP contribution in [-0.4, -0.2) is 5.54 Å². The van der Waals surface area contributed by atoms with Crippen molar-refractivity contribution in [2.24, 2.45) is 0 Å². The first-order valence-corrected chi connectivity index (χ1v) is 5.03. The zero-order valence-corrected chi connectivity index (χ0v) is 9.31. The molecule has 0 saturated carbocycles. The Balaban J connectivity index is 2.60. The normalized spacial score (nSPS) is 21.4. The zero-order chi connectivity index (χ0) is 10.6. The third kappa shape index (κ3) is 1.03. The fourth-order valence-electron chi connectivity index (χ4n) is 2.04. The maximum atomic E-state index is 5.77. The summed E-state index contributed by atoms with van der Waals surface area (Å²) in [6, 6.07) is 6.13. The summed E-state index contributed by atoms with van der Waals surface area (Å²) >= 11 is 0. The third-order valence-electron chi connectivity index (χ3n) is 3.73. The summed E-state index contributed by atoms with van der Waals surface area (Å²) in [5.41, 5.74) is 9.37. The van der Waals surface area contributed by atoms with Gasteiger partial charge in [0, 0.05) is 22.3 Å². The summed E-state index contributed by atoms with van der Waals surface area (Å²) in [6.07, 6.45) is 0. The molecule has 1 aromatic rings. The van der Waals surface area contributed by atoms with Crippen LogP contribution in [0.4, 0.5) is 11.4 Å². The third-order valence-corrected chi connectivity index (χ3v) is 3.73. The van der Waals surface area contributed by atoms with Gasteiger partial charge in [0.2, 0.25) is 0 Å². The van der Waals surface area contributed by atoms with E-state index < -0.39 is 0 Å². The summed E-state index contributed by atoms with van der Waals surface area (Å²) in [7, 11) is 0. The van der Waals surface area contributed by atoms with Crippen molar-refractivity contribution in [3.8, 4) is 0 Å². The van der Waals surface area contributed by atoms with E-state index in [0.29, 0.717) is 0 Å². The lowest BCUT2D eigenvalue weighted by atomic mass is 9.73. The van der Waals surface area contributed by atoms with Crippen molar-refractivity contribution in [3.63, 3.8) is 0 Å². The smallest absolute Gasteiger partial charge is 0.0409 e. The number of rotatable bonds is 0. The lowest BCUT2D eigenvalue weighted by Gasteiger charge is -2.35. The van der Waals surface area contributed by atoms with Crippen molar-refractivity contribution in [1.82, 2.24) is 0 Å². The monoisotopic (exact) mass is 190 g/mol. The molecule has 1 heterocycles. The van der Waals surface area contributed by atoms with Gasteiger partial charge in [0.25, 0.3) is 0 Å². The van der Waals surface area contributed by atoms with Crippen molar-refractivity contribution in [3.05, 3.63) is 23.8 Å². The Hall–Kier alpha value is -1.18. The Morgan fingerprint density at radius 3 is 2.43 bits per heavy atom. The molecule has 76 valence electrons. The number of hydrogen-bond donors (Lipinski definition) is 2. The minimum Gasteiger partial charge on any atom is -0.399 e. The largest absolute Gasteiger partial charge is 0.399 e. The van der Waals surface area contributed by atoms with Gasteiger partial charge in [-0.15, -0.1) is 0 Å². The van der Waals surface area contributed by atoms with E-state index >= 15 is 0 Å². The van der Waals surface area contributed by atoms with Crippen molar-refractivity contribution >= 4 is 11.4 Å². The van der Waals surface area contributed by atoms with Crippen LogP contribution in [0, 0.1) is 0 Å². The molecule has 0 radical (unpaired) electrons. The summed E-state index contributed by atoms with van der Waals surface area (Å²) in [4.78, 5) is 0. The van der Waals surface area contributed by atoms with Gasteiger partial charge in [-0.1, -0.05) is 19.9 Å². The van der Waals surface area contributed by atoms with Crippen LogP contribution in [0.15, 0.2) is 18.2 Å². The Morgan fingerprint density at radius 1 is 1.14 bits per heavy atom. The van der Waals surface area contributed by atoms with Crippen molar-refractivity contribution in [2.75, 3.05) is 11.1 Å². The highest BCUT2D eigenvalue weighted by Crippen LogP contribution is 2.47. The fourth-order valence-corrected chi connectivity index (χ4v) is 2.04. The SMILES string of the molecule is CC1(C)Nc2cc(N)ccc2C1(C)C. The summed E-state index contributed by atoms with van der Waals surface area (Å²) in [5, 5.41) is 3.52. The van der Waals surface area contributed by atoms with E-state index in [1.807, 2.05) is 12.1 Å². The molecule has 0 aliphatic carbocycles. The zero-order valence-electron chi connectivity index (χ0n) is 9.31. The minimum atomic E-state index is 0.0864. The minimum absolute atomic E-state index is 0.0864. The quantitative estimate of drug-likeness (QED) is 0.617. The Bertz CT molecular complexity index is 378. The summed E-state index contributed by atoms with van der Waals surface area (Å²) in [6.45, 7) is 8.98. The van der Waals surface area contributed by atoms with E-state index in [0.717, 1.165) is 5.69 Å². The molecule has 0 unspecified atom stereocenters. The number of nitrogens with one attached hydrogen (secondary N) is 1. The topological polar surface area (TPSA) is 38.0 Å². The van der Waals surface area contributed by atoms with Crippen LogP contribution >= 0.6 is 0 Å². The van der Waals surface area contributed by atoms with Crippen LogP contribution in [0.5, 0.6) is 0 Å². The predicted molar refractivity (Wildman–Crippen MR) is 61.6 cm³/mol. The molecule has 0 fully saturated rings. The average Bonchev–Trinajstić information content (AvgIpc) is 2.18. The van der Waals surface area contributed by atoms with Crippen LogP contribution in [-0.2, 0) is 5.41 Å². The van der Waals surface area contributed by atoms with Crippen LogP contribution in [0.1, 0.15) is 33.3 Å². The van der Waals surface area contributed by atoms with E-state index in [1.165, 1.54) is 11.3 Å². The molecule has 2 nitrogen and oxygen atoms in total. The first kappa shape index (κ1) is 9.38. The summed E-state index contributed by atoms with van der Waals surface area (Å²) in [5.74, 6) is 0. The second kappa shape index (κ2) is 2.44. The van der Waals surface area contributed by atoms with Gasteiger partial charge in [0.05, 0.1) is 0 Å². The molecule has 1 aliphatic heterocycles. The lowest BCUT2D eigenvalue weighted by Crippen LogP contribution is -2.43. The fraction of sp³-hybridized carbons (Fsp3) is 0.500. The molecule has 1 aromatic carbocycles. The molecule has 2 rings (SSSR count). The first-order valence-electron chi connectivity index (χ1n) is 5.03. The Labute approximate surface area is 85.5 Å². The highest BCUT2D eigenvalue weighted by molar-refractivity contribution is 5.68. The molecule has 2 heteroatoms. The molecule has 0 spiro atoms. The summed E-state index contributed by atoms with van der Waals surface area (Å²) < 4.78 is 0. The van der Waals surface area contributed by atoms with Gasteiger partial charge in [0.1, 0.15) is 0 Å². The van der Waals surface area contributed by atoms with Gasteiger partial charge in [-0.2, -0.15) is 0 Å². The van der Waals surface area contributed by atoms with Crippen molar-refractivity contribution in [2.45, 2.75) is 38.6 Å². The van der Waals surface area contributed by atoms with Crippen molar-refractivity contribution < 1.29 is 0 Å². The van der Waals surface area contributed by atoms with Crippen molar-refractivity contribution in [1.29, 1.82) is 0 Å². The van der Waals surface area contributed by atoms with Gasteiger partial charge in [-0.3, -0.25) is 0 Å². The molecule has 3 N–H and O–H groups in total. The number of nitrogen functional groups attached to an aromatic ring is 1. The van der Waals surface area contributed by atoms with E-state index in [1.54, 1.807) is 0 Å². The van der Waals surface area contributed by atoms with Crippen LogP contribution in [0.25, 0.3) is 0 Å². The molecule has 0 atom stereocenters. The highest BCUT2D eigenvalue weighted by atomic mass is 15.0. The number of hydrogen-bond acceptors (Lipinski definition) is 2. The number of benzene rings is 1. The molecular weight excluding hydrogens is 172 g/mol. The maximum Gasteiger partial charge on any atom is 0.0409 e. The number of anilines is 2. The predicted octanol–water partition coefficient (Wildman–Crippen LogP) is 2.75. The van der Waals surface area contributed by atoms with E-state index in [9.17, 15) is 0 Å². The number of fused-ring (bicyclic) bond motifs is 1. The average molecular weight is 190 g/mol. The second-order valence-electron chi connectivity index (χ2n) is 5.18. The molecule has 14 heavy (non-hydrogen) atoms. The maximum absolute atomic E-state index is 5.77. The van der Waals surface area contributed by atoms with E-state index in [4.69, 9.17) is 5.73 Å².